The Morgan fingerprint density at radius 2 is 1.90 bits per heavy atom. The Morgan fingerprint density at radius 1 is 1.20 bits per heavy atom. The number of benzene rings is 1. The maximum Gasteiger partial charge on any atom is 0.417 e. The Bertz CT molecular complexity index is 912. The highest BCUT2D eigenvalue weighted by molar-refractivity contribution is 5.91. The van der Waals surface area contributed by atoms with Gasteiger partial charge in [-0.25, -0.2) is 15.0 Å². The van der Waals surface area contributed by atoms with Gasteiger partial charge in [-0.3, -0.25) is 0 Å². The molecule has 1 aliphatic carbocycles. The number of halogens is 3. The number of nitrogens with two attached hydrogens (primary N) is 3. The average Bonchev–Trinajstić information content (AvgIpc) is 2.66. The van der Waals surface area contributed by atoms with E-state index in [2.05, 4.69) is 20.3 Å². The van der Waals surface area contributed by atoms with Crippen molar-refractivity contribution in [3.05, 3.63) is 41.6 Å². The molecule has 0 radical (unpaired) electrons. The second-order valence-corrected chi connectivity index (χ2v) is 7.48. The highest BCUT2D eigenvalue weighted by Gasteiger charge is 2.34. The van der Waals surface area contributed by atoms with E-state index in [4.69, 9.17) is 17.2 Å². The molecular weight excluding hydrogens is 395 g/mol. The zero-order chi connectivity index (χ0) is 21.9. The second-order valence-electron chi connectivity index (χ2n) is 7.48. The zero-order valence-electron chi connectivity index (χ0n) is 16.7. The number of anilines is 1. The smallest absolute Gasteiger partial charge is 0.370 e. The van der Waals surface area contributed by atoms with Gasteiger partial charge in [0.15, 0.2) is 11.8 Å². The Hall–Kier alpha value is -2.72. The minimum absolute atomic E-state index is 0.0117. The molecule has 0 bridgehead atoms. The van der Waals surface area contributed by atoms with Crippen molar-refractivity contribution in [2.45, 2.75) is 56.9 Å². The minimum atomic E-state index is -4.54. The number of rotatable bonds is 4. The van der Waals surface area contributed by atoms with E-state index in [1.165, 1.54) is 18.2 Å². The Morgan fingerprint density at radius 3 is 2.57 bits per heavy atom. The lowest BCUT2D eigenvalue weighted by Crippen LogP contribution is -2.32. The summed E-state index contributed by atoms with van der Waals surface area (Å²) in [6.07, 6.45) is -1.45. The first-order valence-electron chi connectivity index (χ1n) is 9.82. The third-order valence-corrected chi connectivity index (χ3v) is 5.02. The number of guanidine groups is 1. The summed E-state index contributed by atoms with van der Waals surface area (Å²) >= 11 is 0. The van der Waals surface area contributed by atoms with Gasteiger partial charge in [0.25, 0.3) is 0 Å². The van der Waals surface area contributed by atoms with Crippen molar-refractivity contribution in [1.82, 2.24) is 9.97 Å². The van der Waals surface area contributed by atoms with E-state index in [9.17, 15) is 13.2 Å². The molecule has 1 heterocycles. The fourth-order valence-electron chi connectivity index (χ4n) is 3.68. The minimum Gasteiger partial charge on any atom is -0.370 e. The quantitative estimate of drug-likeness (QED) is 0.443. The zero-order valence-corrected chi connectivity index (χ0v) is 16.7. The third kappa shape index (κ3) is 5.25. The molecule has 2 aromatic rings. The van der Waals surface area contributed by atoms with Crippen LogP contribution in [0.4, 0.5) is 19.0 Å². The van der Waals surface area contributed by atoms with E-state index in [1.54, 1.807) is 13.0 Å². The Kier molecular flexibility index (Phi) is 6.57. The molecule has 7 N–H and O–H groups in total. The molecule has 30 heavy (non-hydrogen) atoms. The van der Waals surface area contributed by atoms with Crippen LogP contribution in [-0.2, 0) is 6.18 Å². The van der Waals surface area contributed by atoms with Crippen LogP contribution in [0.3, 0.4) is 0 Å². The van der Waals surface area contributed by atoms with E-state index in [1.807, 2.05) is 0 Å². The van der Waals surface area contributed by atoms with Crippen LogP contribution < -0.4 is 22.5 Å². The fourth-order valence-corrected chi connectivity index (χ4v) is 3.68. The topological polar surface area (TPSA) is 128 Å². The first kappa shape index (κ1) is 22.0. The maximum atomic E-state index is 13.6. The molecule has 0 spiro atoms. The summed E-state index contributed by atoms with van der Waals surface area (Å²) in [5.74, 6) is 0.129. The molecule has 7 nitrogen and oxygen atoms in total. The molecule has 3 rings (SSSR count). The number of alkyl halides is 3. The van der Waals surface area contributed by atoms with E-state index in [0.29, 0.717) is 5.69 Å². The number of hydrogen-bond acceptors (Lipinski definition) is 5. The number of aromatic nitrogens is 2. The molecule has 0 amide bonds. The van der Waals surface area contributed by atoms with Gasteiger partial charge in [-0.1, -0.05) is 31.0 Å². The lowest BCUT2D eigenvalue weighted by atomic mass is 9.83. The third-order valence-electron chi connectivity index (χ3n) is 5.02. The van der Waals surface area contributed by atoms with Crippen molar-refractivity contribution < 1.29 is 13.2 Å². The van der Waals surface area contributed by atoms with Gasteiger partial charge in [0.05, 0.1) is 17.4 Å². The molecule has 1 aromatic carbocycles. The number of nitrogens with zero attached hydrogens (tertiary/aromatic N) is 3. The van der Waals surface area contributed by atoms with Crippen molar-refractivity contribution in [1.29, 1.82) is 0 Å². The number of hydrogen-bond donors (Lipinski definition) is 4. The summed E-state index contributed by atoms with van der Waals surface area (Å²) in [5, 5.41) is 2.81. The van der Waals surface area contributed by atoms with Crippen molar-refractivity contribution in [3.63, 3.8) is 0 Å². The van der Waals surface area contributed by atoms with Gasteiger partial charge in [0.2, 0.25) is 0 Å². The van der Waals surface area contributed by atoms with Crippen LogP contribution in [0, 0.1) is 0 Å². The van der Waals surface area contributed by atoms with Crippen molar-refractivity contribution >= 4 is 11.8 Å². The van der Waals surface area contributed by atoms with Crippen LogP contribution in [0.5, 0.6) is 0 Å². The SMILES string of the molecule is CC(N)N=C(N)Nc1cc(C2CCCCC2N)nc(-c2ccccc2C(F)(F)F)n1. The van der Waals surface area contributed by atoms with Crippen LogP contribution in [-0.4, -0.2) is 28.1 Å². The molecule has 0 aliphatic heterocycles. The molecule has 3 unspecified atom stereocenters. The summed E-state index contributed by atoms with van der Waals surface area (Å²) in [4.78, 5) is 12.7. The van der Waals surface area contributed by atoms with E-state index in [0.717, 1.165) is 31.7 Å². The molecule has 162 valence electrons. The van der Waals surface area contributed by atoms with E-state index >= 15 is 0 Å². The van der Waals surface area contributed by atoms with E-state index in [-0.39, 0.29) is 35.1 Å². The first-order valence-corrected chi connectivity index (χ1v) is 9.82. The normalized spacial score (nSPS) is 21.3. The Labute approximate surface area is 173 Å². The van der Waals surface area contributed by atoms with Gasteiger partial charge in [-0.15, -0.1) is 0 Å². The molecule has 1 saturated carbocycles. The van der Waals surface area contributed by atoms with E-state index < -0.39 is 17.9 Å². The summed E-state index contributed by atoms with van der Waals surface area (Å²) in [7, 11) is 0. The van der Waals surface area contributed by atoms with Gasteiger partial charge in [0, 0.05) is 23.6 Å². The van der Waals surface area contributed by atoms with Gasteiger partial charge in [0.1, 0.15) is 5.82 Å². The summed E-state index contributed by atoms with van der Waals surface area (Å²) < 4.78 is 40.7. The van der Waals surface area contributed by atoms with Crippen LogP contribution in [0.1, 0.15) is 49.8 Å². The molecule has 1 fully saturated rings. The summed E-state index contributed by atoms with van der Waals surface area (Å²) in [5.41, 5.74) is 17.4. The molecule has 10 heteroatoms. The summed E-state index contributed by atoms with van der Waals surface area (Å²) in [6.45, 7) is 1.64. The van der Waals surface area contributed by atoms with Gasteiger partial charge >= 0.3 is 6.18 Å². The van der Waals surface area contributed by atoms with Crippen LogP contribution in [0.2, 0.25) is 0 Å². The molecule has 1 aliphatic rings. The Balaban J connectivity index is 2.11. The molecule has 1 aromatic heterocycles. The van der Waals surface area contributed by atoms with Crippen molar-refractivity contribution in [2.24, 2.45) is 22.2 Å². The standard InChI is InChI=1S/C20H26F3N7/c1-11(24)27-19(26)30-17-10-16(13-7-3-5-9-15(13)25)28-18(29-17)12-6-2-4-8-14(12)20(21,22)23/h2,4,6,8,10-11,13,15H,3,5,7,9,24-25H2,1H3,(H3,26,27,28,29,30). The monoisotopic (exact) mass is 421 g/mol. The van der Waals surface area contributed by atoms with Crippen LogP contribution in [0.15, 0.2) is 35.3 Å². The van der Waals surface area contributed by atoms with Gasteiger partial charge in [-0.05, 0) is 25.8 Å². The molecule has 0 saturated heterocycles. The average molecular weight is 421 g/mol. The fraction of sp³-hybridized carbons (Fsp3) is 0.450. The van der Waals surface area contributed by atoms with Crippen molar-refractivity contribution in [3.8, 4) is 11.4 Å². The van der Waals surface area contributed by atoms with Crippen LogP contribution in [0.25, 0.3) is 11.4 Å². The highest BCUT2D eigenvalue weighted by Crippen LogP contribution is 2.37. The second kappa shape index (κ2) is 8.97. The first-order chi connectivity index (χ1) is 14.1. The van der Waals surface area contributed by atoms with Gasteiger partial charge < -0.3 is 22.5 Å². The predicted octanol–water partition coefficient (Wildman–Crippen LogP) is 3.18. The molecule has 3 atom stereocenters. The lowest BCUT2D eigenvalue weighted by Gasteiger charge is -2.28. The van der Waals surface area contributed by atoms with Crippen molar-refractivity contribution in [2.75, 3.05) is 5.32 Å². The maximum absolute atomic E-state index is 13.6. The number of nitrogens with one attached hydrogen (secondary N) is 1. The molecular formula is C20H26F3N7. The lowest BCUT2D eigenvalue weighted by molar-refractivity contribution is -0.137. The largest absolute Gasteiger partial charge is 0.417 e. The number of aliphatic imine (C=N–C) groups is 1. The van der Waals surface area contributed by atoms with Gasteiger partial charge in [-0.2, -0.15) is 13.2 Å². The highest BCUT2D eigenvalue weighted by atomic mass is 19.4. The predicted molar refractivity (Wildman–Crippen MR) is 111 cm³/mol. The van der Waals surface area contributed by atoms with Crippen LogP contribution >= 0.6 is 0 Å². The summed E-state index contributed by atoms with van der Waals surface area (Å²) in [6, 6.07) is 6.76.